The van der Waals surface area contributed by atoms with E-state index in [1.807, 2.05) is 30.5 Å². The van der Waals surface area contributed by atoms with Crippen LogP contribution in [0.3, 0.4) is 0 Å². The Morgan fingerprint density at radius 3 is 2.88 bits per heavy atom. The highest BCUT2D eigenvalue weighted by atomic mass is 35.5. The Morgan fingerprint density at radius 1 is 1.31 bits per heavy atom. The van der Waals surface area contributed by atoms with Crippen molar-refractivity contribution >= 4 is 40.8 Å². The molecule has 9 heteroatoms. The summed E-state index contributed by atoms with van der Waals surface area (Å²) in [6.45, 7) is 6.83. The Kier molecular flexibility index (Phi) is 6.53. The molecule has 0 spiro atoms. The molecular formula is C23H25ClN4O3S. The molecule has 32 heavy (non-hydrogen) atoms. The topological polar surface area (TPSA) is 90.5 Å². The van der Waals surface area contributed by atoms with Gasteiger partial charge in [-0.2, -0.15) is 0 Å². The number of halogens is 1. The standard InChI is InChI=1S/C23H25ClN4O3S/c1-13-6-7-15(8-18(13)24)9-25-23(31)26-10-20-16-11-28(22(30)17(16)12-32-20)19-5-3-4-14(2)27-21(19)29/h6-8,12,19H,2-5,9-11H2,1H3,(H,27,29)(H2,25,26,31)/t19-/m0/s1. The van der Waals surface area contributed by atoms with Gasteiger partial charge in [-0.1, -0.05) is 30.3 Å². The van der Waals surface area contributed by atoms with Gasteiger partial charge in [-0.05, 0) is 48.9 Å². The van der Waals surface area contributed by atoms with E-state index in [1.165, 1.54) is 11.3 Å². The quantitative estimate of drug-likeness (QED) is 0.617. The molecule has 1 aromatic heterocycles. The number of carbonyl (C=O) groups excluding carboxylic acids is 3. The van der Waals surface area contributed by atoms with E-state index in [9.17, 15) is 14.4 Å². The largest absolute Gasteiger partial charge is 0.334 e. The molecule has 0 radical (unpaired) electrons. The van der Waals surface area contributed by atoms with E-state index in [4.69, 9.17) is 11.6 Å². The fraction of sp³-hybridized carbons (Fsp3) is 0.348. The van der Waals surface area contributed by atoms with Crippen molar-refractivity contribution in [1.82, 2.24) is 20.9 Å². The highest BCUT2D eigenvalue weighted by Crippen LogP contribution is 2.34. The second-order valence-electron chi connectivity index (χ2n) is 8.10. The second-order valence-corrected chi connectivity index (χ2v) is 9.48. The molecule has 1 aromatic carbocycles. The number of aryl methyl sites for hydroxylation is 1. The Morgan fingerprint density at radius 2 is 2.09 bits per heavy atom. The third kappa shape index (κ3) is 4.66. The fourth-order valence-electron chi connectivity index (χ4n) is 3.98. The minimum atomic E-state index is -0.496. The van der Waals surface area contributed by atoms with Crippen molar-refractivity contribution < 1.29 is 14.4 Å². The molecule has 0 bridgehead atoms. The Bertz CT molecular complexity index is 1100. The summed E-state index contributed by atoms with van der Waals surface area (Å²) in [7, 11) is 0. The number of allylic oxidation sites excluding steroid dienone is 1. The molecule has 4 rings (SSSR count). The van der Waals surface area contributed by atoms with Gasteiger partial charge in [-0.15, -0.1) is 11.3 Å². The zero-order valence-electron chi connectivity index (χ0n) is 17.8. The molecule has 3 heterocycles. The average Bonchev–Trinajstić information content (AvgIpc) is 3.24. The molecule has 3 N–H and O–H groups in total. The summed E-state index contributed by atoms with van der Waals surface area (Å²) in [5, 5.41) is 10.9. The Balaban J connectivity index is 1.35. The van der Waals surface area contributed by atoms with Crippen molar-refractivity contribution in [2.75, 3.05) is 0 Å². The van der Waals surface area contributed by atoms with Gasteiger partial charge in [0.15, 0.2) is 0 Å². The fourth-order valence-corrected chi connectivity index (χ4v) is 5.16. The summed E-state index contributed by atoms with van der Waals surface area (Å²) in [5.41, 5.74) is 4.11. The van der Waals surface area contributed by atoms with E-state index in [0.29, 0.717) is 42.3 Å². The highest BCUT2D eigenvalue weighted by Gasteiger charge is 2.39. The molecule has 0 unspecified atom stereocenters. The molecule has 7 nitrogen and oxygen atoms in total. The number of thiophene rings is 1. The van der Waals surface area contributed by atoms with Crippen LogP contribution in [0.1, 0.15) is 51.2 Å². The van der Waals surface area contributed by atoms with Crippen LogP contribution in [-0.4, -0.2) is 28.8 Å². The molecule has 1 atom stereocenters. The molecule has 1 saturated heterocycles. The van der Waals surface area contributed by atoms with Gasteiger partial charge < -0.3 is 20.9 Å². The number of rotatable bonds is 5. The molecule has 2 aromatic rings. The van der Waals surface area contributed by atoms with Gasteiger partial charge in [-0.25, -0.2) is 4.79 Å². The van der Waals surface area contributed by atoms with Crippen LogP contribution < -0.4 is 16.0 Å². The first-order valence-electron chi connectivity index (χ1n) is 10.5. The molecule has 0 saturated carbocycles. The summed E-state index contributed by atoms with van der Waals surface area (Å²) in [6.07, 6.45) is 2.15. The molecule has 4 amide bonds. The van der Waals surface area contributed by atoms with E-state index in [2.05, 4.69) is 22.5 Å². The Labute approximate surface area is 195 Å². The lowest BCUT2D eigenvalue weighted by atomic mass is 10.1. The first-order valence-corrected chi connectivity index (χ1v) is 11.7. The smallest absolute Gasteiger partial charge is 0.315 e. The van der Waals surface area contributed by atoms with E-state index < -0.39 is 6.04 Å². The zero-order valence-corrected chi connectivity index (χ0v) is 19.4. The predicted molar refractivity (Wildman–Crippen MR) is 124 cm³/mol. The van der Waals surface area contributed by atoms with Crippen molar-refractivity contribution in [3.63, 3.8) is 0 Å². The predicted octanol–water partition coefficient (Wildman–Crippen LogP) is 3.85. The van der Waals surface area contributed by atoms with Crippen LogP contribution in [0.2, 0.25) is 5.02 Å². The first kappa shape index (κ1) is 22.4. The number of urea groups is 1. The van der Waals surface area contributed by atoms with Gasteiger partial charge in [0.05, 0.1) is 12.1 Å². The first-order chi connectivity index (χ1) is 15.3. The summed E-state index contributed by atoms with van der Waals surface area (Å²) in [4.78, 5) is 40.3. The van der Waals surface area contributed by atoms with Crippen molar-refractivity contribution in [2.45, 2.75) is 51.9 Å². The number of benzene rings is 1. The second kappa shape index (κ2) is 9.34. The van der Waals surface area contributed by atoms with E-state index in [-0.39, 0.29) is 17.8 Å². The number of carbonyl (C=O) groups is 3. The summed E-state index contributed by atoms with van der Waals surface area (Å²) in [6, 6.07) is 4.88. The van der Waals surface area contributed by atoms with Gasteiger partial charge in [0, 0.05) is 34.1 Å². The molecular weight excluding hydrogens is 448 g/mol. The molecule has 0 aliphatic carbocycles. The average molecular weight is 473 g/mol. The van der Waals surface area contributed by atoms with Gasteiger partial charge in [-0.3, -0.25) is 9.59 Å². The lowest BCUT2D eigenvalue weighted by molar-refractivity contribution is -0.124. The number of nitrogens with zero attached hydrogens (tertiary/aromatic N) is 1. The van der Waals surface area contributed by atoms with Crippen LogP contribution in [-0.2, 0) is 24.4 Å². The summed E-state index contributed by atoms with van der Waals surface area (Å²) >= 11 is 7.58. The number of hydrogen-bond donors (Lipinski definition) is 3. The van der Waals surface area contributed by atoms with Crippen LogP contribution in [0, 0.1) is 6.92 Å². The monoisotopic (exact) mass is 472 g/mol. The van der Waals surface area contributed by atoms with Crippen LogP contribution >= 0.6 is 22.9 Å². The maximum atomic E-state index is 12.9. The van der Waals surface area contributed by atoms with Crippen LogP contribution in [0.15, 0.2) is 35.9 Å². The molecule has 2 aliphatic rings. The minimum absolute atomic E-state index is 0.129. The van der Waals surface area contributed by atoms with Crippen molar-refractivity contribution in [1.29, 1.82) is 0 Å². The minimum Gasteiger partial charge on any atom is -0.334 e. The molecule has 1 fully saturated rings. The number of nitrogens with one attached hydrogen (secondary N) is 3. The lowest BCUT2D eigenvalue weighted by Gasteiger charge is -2.25. The SMILES string of the molecule is C=C1CCC[C@H](N2Cc3c(csc3CNC(=O)NCc3ccc(C)c(Cl)c3)C2=O)C(=O)N1. The van der Waals surface area contributed by atoms with Crippen LogP contribution in [0.5, 0.6) is 0 Å². The van der Waals surface area contributed by atoms with Crippen molar-refractivity contribution in [3.05, 3.63) is 68.0 Å². The normalized spacial score (nSPS) is 18.2. The van der Waals surface area contributed by atoms with Gasteiger partial charge in [0.25, 0.3) is 5.91 Å². The third-order valence-corrected chi connectivity index (χ3v) is 7.27. The van der Waals surface area contributed by atoms with Crippen LogP contribution in [0.4, 0.5) is 4.79 Å². The van der Waals surface area contributed by atoms with Gasteiger partial charge in [0.2, 0.25) is 5.91 Å². The lowest BCUT2D eigenvalue weighted by Crippen LogP contribution is -2.45. The van der Waals surface area contributed by atoms with Crippen LogP contribution in [0.25, 0.3) is 0 Å². The molecule has 2 aliphatic heterocycles. The number of fused-ring (bicyclic) bond motifs is 1. The molecule has 168 valence electrons. The van der Waals surface area contributed by atoms with Gasteiger partial charge >= 0.3 is 6.03 Å². The van der Waals surface area contributed by atoms with E-state index in [0.717, 1.165) is 34.4 Å². The number of hydrogen-bond acceptors (Lipinski definition) is 4. The number of amides is 4. The van der Waals surface area contributed by atoms with E-state index >= 15 is 0 Å². The Hall–Kier alpha value is -2.84. The maximum Gasteiger partial charge on any atom is 0.315 e. The highest BCUT2D eigenvalue weighted by molar-refractivity contribution is 7.10. The summed E-state index contributed by atoms with van der Waals surface area (Å²) < 4.78 is 0. The zero-order chi connectivity index (χ0) is 22.8. The van der Waals surface area contributed by atoms with E-state index in [1.54, 1.807) is 4.90 Å². The maximum absolute atomic E-state index is 12.9. The van der Waals surface area contributed by atoms with Crippen molar-refractivity contribution in [3.8, 4) is 0 Å². The summed E-state index contributed by atoms with van der Waals surface area (Å²) in [5.74, 6) is -0.305. The third-order valence-electron chi connectivity index (χ3n) is 5.83. The van der Waals surface area contributed by atoms with Gasteiger partial charge in [0.1, 0.15) is 6.04 Å². The van der Waals surface area contributed by atoms with Crippen molar-refractivity contribution in [2.24, 2.45) is 0 Å².